The van der Waals surface area contributed by atoms with Crippen molar-refractivity contribution in [2.24, 2.45) is 10.2 Å². The van der Waals surface area contributed by atoms with Gasteiger partial charge in [-0.1, -0.05) is 31.5 Å². The number of hydrogen-bond acceptors (Lipinski definition) is 6. The topological polar surface area (TPSA) is 72.3 Å². The summed E-state index contributed by atoms with van der Waals surface area (Å²) in [5.41, 5.74) is 0.856. The second-order valence-electron chi connectivity index (χ2n) is 4.95. The zero-order valence-electron chi connectivity index (χ0n) is 13.4. The van der Waals surface area contributed by atoms with Gasteiger partial charge in [0.2, 0.25) is 5.91 Å². The Bertz CT molecular complexity index is 602. The summed E-state index contributed by atoms with van der Waals surface area (Å²) in [4.78, 5) is 11.1. The van der Waals surface area contributed by atoms with E-state index in [1.54, 1.807) is 13.3 Å². The Kier molecular flexibility index (Phi) is 6.93. The van der Waals surface area contributed by atoms with Gasteiger partial charge in [-0.3, -0.25) is 4.79 Å². The number of methoxy groups -OCH3 is 1. The number of amides is 1. The zero-order chi connectivity index (χ0) is 16.5. The van der Waals surface area contributed by atoms with Gasteiger partial charge in [-0.05, 0) is 30.2 Å². The van der Waals surface area contributed by atoms with E-state index in [9.17, 15) is 4.79 Å². The molecule has 1 saturated heterocycles. The molecular formula is C16H21N3O3S. The van der Waals surface area contributed by atoms with Crippen molar-refractivity contribution in [3.8, 4) is 11.5 Å². The summed E-state index contributed by atoms with van der Waals surface area (Å²) in [7, 11) is 1.62. The molecule has 1 fully saturated rings. The maximum atomic E-state index is 11.1. The van der Waals surface area contributed by atoms with Crippen molar-refractivity contribution in [1.29, 1.82) is 0 Å². The highest BCUT2D eigenvalue weighted by molar-refractivity contribution is 8.15. The van der Waals surface area contributed by atoms with Crippen LogP contribution in [-0.2, 0) is 4.79 Å². The van der Waals surface area contributed by atoms with E-state index in [0.29, 0.717) is 29.0 Å². The van der Waals surface area contributed by atoms with Gasteiger partial charge in [0.1, 0.15) is 0 Å². The van der Waals surface area contributed by atoms with Gasteiger partial charge in [0, 0.05) is 0 Å². The van der Waals surface area contributed by atoms with E-state index in [1.165, 1.54) is 11.8 Å². The van der Waals surface area contributed by atoms with Crippen molar-refractivity contribution < 1.29 is 14.3 Å². The molecule has 0 unspecified atom stereocenters. The lowest BCUT2D eigenvalue weighted by atomic mass is 10.2. The van der Waals surface area contributed by atoms with Crippen LogP contribution in [0.5, 0.6) is 11.5 Å². The Morgan fingerprint density at radius 2 is 2.22 bits per heavy atom. The summed E-state index contributed by atoms with van der Waals surface area (Å²) < 4.78 is 11.1. The second-order valence-corrected chi connectivity index (χ2v) is 5.92. The molecule has 124 valence electrons. The predicted octanol–water partition coefficient (Wildman–Crippen LogP) is 2.82. The summed E-state index contributed by atoms with van der Waals surface area (Å²) >= 11 is 1.34. The summed E-state index contributed by atoms with van der Waals surface area (Å²) in [6.45, 7) is 2.82. The minimum Gasteiger partial charge on any atom is -0.493 e. The molecule has 0 saturated carbocycles. The van der Waals surface area contributed by atoms with E-state index in [-0.39, 0.29) is 5.91 Å². The molecule has 7 heteroatoms. The molecule has 0 spiro atoms. The zero-order valence-corrected chi connectivity index (χ0v) is 14.2. The fraction of sp³-hybridized carbons (Fsp3) is 0.438. The van der Waals surface area contributed by atoms with Crippen LogP contribution in [0.2, 0.25) is 0 Å². The molecule has 0 aliphatic carbocycles. The molecule has 6 nitrogen and oxygen atoms in total. The third-order valence-electron chi connectivity index (χ3n) is 3.13. The number of hydrogen-bond donors (Lipinski definition) is 1. The highest BCUT2D eigenvalue weighted by Crippen LogP contribution is 2.27. The summed E-state index contributed by atoms with van der Waals surface area (Å²) in [5.74, 6) is 1.75. The van der Waals surface area contributed by atoms with E-state index in [1.807, 2.05) is 18.2 Å². The smallest absolute Gasteiger partial charge is 0.236 e. The number of nitrogens with zero attached hydrogens (tertiary/aromatic N) is 2. The fourth-order valence-electron chi connectivity index (χ4n) is 1.95. The Morgan fingerprint density at radius 3 is 2.91 bits per heavy atom. The van der Waals surface area contributed by atoms with Crippen LogP contribution in [-0.4, -0.2) is 36.8 Å². The quantitative estimate of drug-likeness (QED) is 0.450. The van der Waals surface area contributed by atoms with Gasteiger partial charge in [-0.15, -0.1) is 5.10 Å². The Labute approximate surface area is 140 Å². The van der Waals surface area contributed by atoms with Gasteiger partial charge in [0.05, 0.1) is 25.7 Å². The molecule has 0 bridgehead atoms. The van der Waals surface area contributed by atoms with Crippen LogP contribution >= 0.6 is 11.8 Å². The van der Waals surface area contributed by atoms with Crippen molar-refractivity contribution in [3.05, 3.63) is 23.8 Å². The molecule has 1 aromatic rings. The van der Waals surface area contributed by atoms with Crippen molar-refractivity contribution in [3.63, 3.8) is 0 Å². The number of ether oxygens (including phenoxy) is 2. The van der Waals surface area contributed by atoms with Crippen molar-refractivity contribution in [2.45, 2.75) is 26.2 Å². The lowest BCUT2D eigenvalue weighted by Gasteiger charge is -2.11. The van der Waals surface area contributed by atoms with Crippen molar-refractivity contribution in [2.75, 3.05) is 19.5 Å². The Hall–Kier alpha value is -2.02. The first-order valence-electron chi connectivity index (χ1n) is 7.57. The largest absolute Gasteiger partial charge is 0.493 e. The number of carbonyl (C=O) groups excluding carboxylic acids is 1. The van der Waals surface area contributed by atoms with Crippen LogP contribution in [0.1, 0.15) is 31.7 Å². The summed E-state index contributed by atoms with van der Waals surface area (Å²) in [5, 5.41) is 11.1. The van der Waals surface area contributed by atoms with Crippen LogP contribution in [0.15, 0.2) is 28.4 Å². The highest BCUT2D eigenvalue weighted by Gasteiger charge is 2.15. The minimum atomic E-state index is -0.0452. The number of benzene rings is 1. The van der Waals surface area contributed by atoms with E-state index in [0.717, 1.165) is 24.8 Å². The number of carbonyl (C=O) groups is 1. The van der Waals surface area contributed by atoms with Gasteiger partial charge in [-0.25, -0.2) is 0 Å². The number of thioether (sulfide) groups is 1. The number of unbranched alkanes of at least 4 members (excludes halogenated alkanes) is 2. The van der Waals surface area contributed by atoms with Gasteiger partial charge < -0.3 is 14.8 Å². The van der Waals surface area contributed by atoms with E-state index < -0.39 is 0 Å². The maximum absolute atomic E-state index is 11.1. The SMILES string of the molecule is CCCCCOc1cc(C=NN=C2NC(=O)CS2)ccc1OC. The Morgan fingerprint density at radius 1 is 1.35 bits per heavy atom. The normalized spacial score (nSPS) is 16.1. The third-order valence-corrected chi connectivity index (χ3v) is 4.00. The molecule has 1 N–H and O–H groups in total. The molecule has 0 atom stereocenters. The average Bonchev–Trinajstić information content (AvgIpc) is 2.97. The van der Waals surface area contributed by atoms with Crippen molar-refractivity contribution in [1.82, 2.24) is 5.32 Å². The highest BCUT2D eigenvalue weighted by atomic mass is 32.2. The molecule has 0 radical (unpaired) electrons. The summed E-state index contributed by atoms with van der Waals surface area (Å²) in [6.07, 6.45) is 4.94. The summed E-state index contributed by atoms with van der Waals surface area (Å²) in [6, 6.07) is 5.59. The van der Waals surface area contributed by atoms with Gasteiger partial charge in [0.25, 0.3) is 0 Å². The average molecular weight is 335 g/mol. The number of rotatable bonds is 8. The molecule has 1 heterocycles. The van der Waals surface area contributed by atoms with Crippen LogP contribution in [0.25, 0.3) is 0 Å². The molecule has 0 aromatic heterocycles. The Balaban J connectivity index is 2.00. The molecule has 1 amide bonds. The second kappa shape index (κ2) is 9.19. The van der Waals surface area contributed by atoms with Crippen LogP contribution < -0.4 is 14.8 Å². The van der Waals surface area contributed by atoms with E-state index >= 15 is 0 Å². The predicted molar refractivity (Wildman–Crippen MR) is 93.6 cm³/mol. The first kappa shape index (κ1) is 17.3. The van der Waals surface area contributed by atoms with Crippen LogP contribution in [0.4, 0.5) is 0 Å². The van der Waals surface area contributed by atoms with Gasteiger partial charge in [-0.2, -0.15) is 5.10 Å². The van der Waals surface area contributed by atoms with Gasteiger partial charge >= 0.3 is 0 Å². The minimum absolute atomic E-state index is 0.0452. The lowest BCUT2D eigenvalue weighted by molar-refractivity contribution is -0.116. The molecule has 1 aliphatic rings. The molecule has 2 rings (SSSR count). The number of amidine groups is 1. The fourth-order valence-corrected chi connectivity index (χ4v) is 2.58. The molecular weight excluding hydrogens is 314 g/mol. The monoisotopic (exact) mass is 335 g/mol. The van der Waals surface area contributed by atoms with Crippen molar-refractivity contribution >= 4 is 29.1 Å². The van der Waals surface area contributed by atoms with Crippen LogP contribution in [0, 0.1) is 0 Å². The number of nitrogens with one attached hydrogen (secondary N) is 1. The maximum Gasteiger partial charge on any atom is 0.236 e. The lowest BCUT2D eigenvalue weighted by Crippen LogP contribution is -2.19. The van der Waals surface area contributed by atoms with Gasteiger partial charge in [0.15, 0.2) is 16.7 Å². The third kappa shape index (κ3) is 5.59. The van der Waals surface area contributed by atoms with Crippen LogP contribution in [0.3, 0.4) is 0 Å². The van der Waals surface area contributed by atoms with E-state index in [4.69, 9.17) is 9.47 Å². The molecule has 23 heavy (non-hydrogen) atoms. The molecule has 1 aliphatic heterocycles. The first-order chi connectivity index (χ1) is 11.2. The standard InChI is InChI=1S/C16H21N3O3S/c1-3-4-5-8-22-14-9-12(6-7-13(14)21-2)10-17-19-16-18-15(20)11-23-16/h6-7,9-10H,3-5,8,11H2,1-2H3,(H,18,19,20). The molecule has 1 aromatic carbocycles. The van der Waals surface area contributed by atoms with E-state index in [2.05, 4.69) is 22.4 Å². The first-order valence-corrected chi connectivity index (χ1v) is 8.56.